The van der Waals surface area contributed by atoms with Crippen LogP contribution in [-0.2, 0) is 0 Å². The number of methoxy groups -OCH3 is 3. The molecular formula is C21H22O7. The number of Topliss-reactive ketones (excluding diaryl/α,β-unsaturated/α-hetero) is 2. The highest BCUT2D eigenvalue weighted by Gasteiger charge is 2.28. The van der Waals surface area contributed by atoms with Crippen LogP contribution in [0, 0.1) is 0 Å². The van der Waals surface area contributed by atoms with Gasteiger partial charge in [0.2, 0.25) is 11.5 Å². The first-order valence-corrected chi connectivity index (χ1v) is 8.84. The van der Waals surface area contributed by atoms with Gasteiger partial charge in [-0.05, 0) is 18.2 Å². The van der Waals surface area contributed by atoms with E-state index in [4.69, 9.17) is 23.7 Å². The van der Waals surface area contributed by atoms with Gasteiger partial charge in [-0.15, -0.1) is 0 Å². The van der Waals surface area contributed by atoms with Crippen molar-refractivity contribution in [2.75, 3.05) is 34.5 Å². The first kappa shape index (κ1) is 19.5. The molecule has 0 saturated carbocycles. The summed E-state index contributed by atoms with van der Waals surface area (Å²) in [5.41, 5.74) is 0.737. The molecular weight excluding hydrogens is 364 g/mol. The molecule has 0 bridgehead atoms. The molecule has 1 heterocycles. The number of fused-ring (bicyclic) bond motifs is 1. The molecule has 0 aliphatic carbocycles. The lowest BCUT2D eigenvalue weighted by Crippen LogP contribution is -2.18. The van der Waals surface area contributed by atoms with E-state index in [9.17, 15) is 9.59 Å². The second kappa shape index (κ2) is 8.65. The van der Waals surface area contributed by atoms with Gasteiger partial charge < -0.3 is 23.7 Å². The van der Waals surface area contributed by atoms with E-state index in [1.807, 2.05) is 0 Å². The van der Waals surface area contributed by atoms with E-state index in [2.05, 4.69) is 0 Å². The third-order valence-electron chi connectivity index (χ3n) is 4.44. The Balaban J connectivity index is 1.83. The van der Waals surface area contributed by atoms with Crippen molar-refractivity contribution in [1.29, 1.82) is 0 Å². The number of carbonyl (C=O) groups excluding carboxylic acids is 2. The molecule has 0 radical (unpaired) electrons. The molecule has 0 spiro atoms. The number of hydrogen-bond acceptors (Lipinski definition) is 7. The fourth-order valence-corrected chi connectivity index (χ4v) is 3.09. The van der Waals surface area contributed by atoms with Crippen LogP contribution in [-0.4, -0.2) is 46.1 Å². The highest BCUT2D eigenvalue weighted by Crippen LogP contribution is 2.48. The number of ether oxygens (including phenoxy) is 5. The number of hydrogen-bond donors (Lipinski definition) is 0. The number of rotatable bonds is 8. The molecule has 0 fully saturated rings. The van der Waals surface area contributed by atoms with Gasteiger partial charge in [-0.2, -0.15) is 0 Å². The van der Waals surface area contributed by atoms with E-state index >= 15 is 0 Å². The maximum Gasteiger partial charge on any atom is 0.208 e. The van der Waals surface area contributed by atoms with E-state index in [0.717, 1.165) is 0 Å². The fourth-order valence-electron chi connectivity index (χ4n) is 3.09. The van der Waals surface area contributed by atoms with Crippen molar-refractivity contribution >= 4 is 11.6 Å². The minimum Gasteiger partial charge on any atom is -0.496 e. The minimum atomic E-state index is -0.254. The lowest BCUT2D eigenvalue weighted by atomic mass is 9.99. The number of benzene rings is 2. The van der Waals surface area contributed by atoms with Crippen molar-refractivity contribution in [3.05, 3.63) is 41.5 Å². The number of para-hydroxylation sites is 1. The van der Waals surface area contributed by atoms with Gasteiger partial charge in [-0.3, -0.25) is 9.59 Å². The third kappa shape index (κ3) is 3.74. The van der Waals surface area contributed by atoms with Gasteiger partial charge in [-0.1, -0.05) is 12.1 Å². The van der Waals surface area contributed by atoms with Crippen molar-refractivity contribution < 1.29 is 33.3 Å². The first-order chi connectivity index (χ1) is 13.6. The average molecular weight is 386 g/mol. The Morgan fingerprint density at radius 2 is 1.43 bits per heavy atom. The van der Waals surface area contributed by atoms with Gasteiger partial charge in [0.1, 0.15) is 19.0 Å². The lowest BCUT2D eigenvalue weighted by molar-refractivity contribution is 0.0912. The molecule has 0 unspecified atom stereocenters. The summed E-state index contributed by atoms with van der Waals surface area (Å²) in [4.78, 5) is 25.4. The Bertz CT molecular complexity index is 889. The molecule has 0 saturated heterocycles. The Morgan fingerprint density at radius 3 is 2.07 bits per heavy atom. The first-order valence-electron chi connectivity index (χ1n) is 8.84. The summed E-state index contributed by atoms with van der Waals surface area (Å²) in [6, 6.07) is 8.49. The molecule has 0 atom stereocenters. The van der Waals surface area contributed by atoms with E-state index in [1.165, 1.54) is 21.3 Å². The quantitative estimate of drug-likeness (QED) is 0.644. The predicted molar refractivity (Wildman–Crippen MR) is 101 cm³/mol. The molecule has 2 aromatic rings. The zero-order chi connectivity index (χ0) is 20.1. The van der Waals surface area contributed by atoms with Gasteiger partial charge in [0.05, 0.1) is 32.5 Å². The Labute approximate surface area is 163 Å². The maximum atomic E-state index is 12.9. The summed E-state index contributed by atoms with van der Waals surface area (Å²) < 4.78 is 27.2. The molecule has 1 aliphatic rings. The standard InChI is InChI=1S/C21H22O7/c1-24-17-7-5-4-6-13(17)15(22)8-9-16(23)14-12-18(25-2)20-21(19(14)26-3)28-11-10-27-20/h4-7,12H,8-11H2,1-3H3. The topological polar surface area (TPSA) is 80.3 Å². The summed E-state index contributed by atoms with van der Waals surface area (Å²) in [6.45, 7) is 0.726. The summed E-state index contributed by atoms with van der Waals surface area (Å²) in [6.07, 6.45) is 0.0508. The molecule has 1 aliphatic heterocycles. The largest absolute Gasteiger partial charge is 0.496 e. The monoisotopic (exact) mass is 386 g/mol. The van der Waals surface area contributed by atoms with Crippen molar-refractivity contribution in [3.8, 4) is 28.7 Å². The van der Waals surface area contributed by atoms with Crippen LogP contribution in [0.1, 0.15) is 33.6 Å². The van der Waals surface area contributed by atoms with Gasteiger partial charge in [-0.25, -0.2) is 0 Å². The molecule has 28 heavy (non-hydrogen) atoms. The number of ketones is 2. The van der Waals surface area contributed by atoms with Crippen molar-refractivity contribution in [3.63, 3.8) is 0 Å². The van der Waals surface area contributed by atoms with Crippen molar-refractivity contribution in [1.82, 2.24) is 0 Å². The Hall–Kier alpha value is -3.22. The second-order valence-electron chi connectivity index (χ2n) is 6.06. The molecule has 148 valence electrons. The van der Waals surface area contributed by atoms with E-state index in [-0.39, 0.29) is 35.7 Å². The van der Waals surface area contributed by atoms with Gasteiger partial charge in [0.15, 0.2) is 23.1 Å². The van der Waals surface area contributed by atoms with Crippen LogP contribution in [0.2, 0.25) is 0 Å². The highest BCUT2D eigenvalue weighted by molar-refractivity contribution is 6.05. The van der Waals surface area contributed by atoms with Crippen LogP contribution >= 0.6 is 0 Å². The molecule has 0 amide bonds. The fraction of sp³-hybridized carbons (Fsp3) is 0.333. The van der Waals surface area contributed by atoms with Crippen LogP contribution in [0.4, 0.5) is 0 Å². The summed E-state index contributed by atoms with van der Waals surface area (Å²) in [5.74, 6) is 1.48. The Kier molecular flexibility index (Phi) is 6.03. The van der Waals surface area contributed by atoms with E-state index in [0.29, 0.717) is 41.8 Å². The van der Waals surface area contributed by atoms with Gasteiger partial charge in [0.25, 0.3) is 0 Å². The molecule has 0 N–H and O–H groups in total. The SMILES string of the molecule is COc1ccccc1C(=O)CCC(=O)c1cc(OC)c2c(c1OC)OCCO2. The van der Waals surface area contributed by atoms with Crippen LogP contribution in [0.5, 0.6) is 28.7 Å². The summed E-state index contributed by atoms with van der Waals surface area (Å²) in [7, 11) is 4.44. The highest BCUT2D eigenvalue weighted by atomic mass is 16.6. The molecule has 7 heteroatoms. The minimum absolute atomic E-state index is 0.00996. The second-order valence-corrected chi connectivity index (χ2v) is 6.06. The molecule has 3 rings (SSSR count). The molecule has 7 nitrogen and oxygen atoms in total. The van der Waals surface area contributed by atoms with E-state index < -0.39 is 0 Å². The van der Waals surface area contributed by atoms with Gasteiger partial charge in [0, 0.05) is 12.8 Å². The number of carbonyl (C=O) groups is 2. The molecule has 2 aromatic carbocycles. The van der Waals surface area contributed by atoms with Crippen LogP contribution < -0.4 is 23.7 Å². The maximum absolute atomic E-state index is 12.9. The summed E-state index contributed by atoms with van der Waals surface area (Å²) in [5, 5.41) is 0. The Morgan fingerprint density at radius 1 is 0.821 bits per heavy atom. The van der Waals surface area contributed by atoms with Crippen molar-refractivity contribution in [2.45, 2.75) is 12.8 Å². The predicted octanol–water partition coefficient (Wildman–Crippen LogP) is 3.33. The van der Waals surface area contributed by atoms with Crippen LogP contribution in [0.15, 0.2) is 30.3 Å². The smallest absolute Gasteiger partial charge is 0.208 e. The zero-order valence-corrected chi connectivity index (χ0v) is 16.1. The zero-order valence-electron chi connectivity index (χ0n) is 16.1. The van der Waals surface area contributed by atoms with Gasteiger partial charge >= 0.3 is 0 Å². The molecule has 0 aromatic heterocycles. The normalized spacial score (nSPS) is 12.2. The summed E-state index contributed by atoms with van der Waals surface area (Å²) >= 11 is 0. The van der Waals surface area contributed by atoms with Crippen LogP contribution in [0.25, 0.3) is 0 Å². The van der Waals surface area contributed by atoms with E-state index in [1.54, 1.807) is 30.3 Å². The third-order valence-corrected chi connectivity index (χ3v) is 4.44. The lowest BCUT2D eigenvalue weighted by Gasteiger charge is -2.24. The average Bonchev–Trinajstić information content (AvgIpc) is 2.75. The van der Waals surface area contributed by atoms with Crippen LogP contribution in [0.3, 0.4) is 0 Å². The van der Waals surface area contributed by atoms with Crippen molar-refractivity contribution in [2.24, 2.45) is 0 Å².